The number of likely N-dealkylation sites (N-methyl/N-ethyl adjacent to an activating group) is 1. The number of aromatic hydroxyl groups is 1. The van der Waals surface area contributed by atoms with Crippen molar-refractivity contribution >= 4 is 11.6 Å². The van der Waals surface area contributed by atoms with E-state index in [-0.39, 0.29) is 29.7 Å². The van der Waals surface area contributed by atoms with Crippen molar-refractivity contribution in [2.45, 2.75) is 73.0 Å². The molecule has 1 amide bonds. The molecule has 3 atom stereocenters. The molecular weight excluding hydrogens is 440 g/mol. The summed E-state index contributed by atoms with van der Waals surface area (Å²) in [7, 11) is 5.44. The summed E-state index contributed by atoms with van der Waals surface area (Å²) in [6.45, 7) is 12.2. The highest BCUT2D eigenvalue weighted by molar-refractivity contribution is 5.93. The Bertz CT molecular complexity index is 1080. The van der Waals surface area contributed by atoms with Gasteiger partial charge in [-0.05, 0) is 93.1 Å². The minimum Gasteiger partial charge on any atom is -0.506 e. The van der Waals surface area contributed by atoms with Gasteiger partial charge in [0.15, 0.2) is 0 Å². The number of benzene rings is 2. The van der Waals surface area contributed by atoms with E-state index in [4.69, 9.17) is 12.2 Å². The number of nitrogens with zero attached hydrogens (tertiary/aromatic N) is 2. The van der Waals surface area contributed by atoms with Crippen LogP contribution in [0.2, 0.25) is 0 Å². The van der Waals surface area contributed by atoms with Gasteiger partial charge >= 0.3 is 0 Å². The summed E-state index contributed by atoms with van der Waals surface area (Å²) in [4.78, 5) is 15.8. The summed E-state index contributed by atoms with van der Waals surface area (Å²) in [5.41, 5.74) is 5.64. The van der Waals surface area contributed by atoms with Crippen LogP contribution in [-0.2, 0) is 9.53 Å². The first-order chi connectivity index (χ1) is 17.1. The summed E-state index contributed by atoms with van der Waals surface area (Å²) in [6.07, 6.45) is 0.672. The third-order valence-corrected chi connectivity index (χ3v) is 7.15. The molecule has 1 N–H and O–H groups in total. The van der Waals surface area contributed by atoms with Crippen LogP contribution in [0, 0.1) is 20.8 Å². The van der Waals surface area contributed by atoms with E-state index in [0.717, 1.165) is 28.7 Å². The van der Waals surface area contributed by atoms with E-state index in [1.54, 1.807) is 20.2 Å². The zero-order valence-electron chi connectivity index (χ0n) is 25.0. The summed E-state index contributed by atoms with van der Waals surface area (Å²) in [6, 6.07) is 7.54. The number of ether oxygens (including phenoxy) is 2. The number of carbonyl (C=O) groups is 1. The molecule has 2 aromatic rings. The van der Waals surface area contributed by atoms with Gasteiger partial charge in [-0.25, -0.2) is 0 Å². The van der Waals surface area contributed by atoms with Crippen molar-refractivity contribution in [1.82, 2.24) is 4.90 Å². The first kappa shape index (κ1) is 25.5. The van der Waals surface area contributed by atoms with Crippen molar-refractivity contribution in [3.63, 3.8) is 0 Å². The highest BCUT2D eigenvalue weighted by atomic mass is 16.5. The van der Waals surface area contributed by atoms with Gasteiger partial charge in [0, 0.05) is 33.7 Å². The van der Waals surface area contributed by atoms with Gasteiger partial charge in [-0.1, -0.05) is 19.9 Å². The lowest BCUT2D eigenvalue weighted by atomic mass is 9.84. The summed E-state index contributed by atoms with van der Waals surface area (Å²) in [5.74, 6) is 0.657. The van der Waals surface area contributed by atoms with Crippen molar-refractivity contribution in [2.24, 2.45) is 0 Å². The van der Waals surface area contributed by atoms with E-state index in [0.29, 0.717) is 18.0 Å². The lowest BCUT2D eigenvalue weighted by Crippen LogP contribution is -2.39. The Balaban J connectivity index is 2.35. The van der Waals surface area contributed by atoms with Crippen LogP contribution < -0.4 is 9.64 Å². The molecule has 6 heteroatoms. The van der Waals surface area contributed by atoms with E-state index in [2.05, 4.69) is 39.6 Å². The Labute approximate surface area is 214 Å². The highest BCUT2D eigenvalue weighted by Crippen LogP contribution is 2.37. The molecule has 35 heavy (non-hydrogen) atoms. The van der Waals surface area contributed by atoms with E-state index in [1.165, 1.54) is 24.3 Å². The average molecular weight is 487 g/mol. The largest absolute Gasteiger partial charge is 0.506 e. The van der Waals surface area contributed by atoms with Crippen LogP contribution in [-0.4, -0.2) is 56.3 Å². The zero-order valence-corrected chi connectivity index (χ0v) is 23.0. The molecule has 0 spiro atoms. The highest BCUT2D eigenvalue weighted by Gasteiger charge is 2.28. The second kappa shape index (κ2) is 12.4. The van der Waals surface area contributed by atoms with Crippen molar-refractivity contribution in [3.05, 3.63) is 52.1 Å². The summed E-state index contributed by atoms with van der Waals surface area (Å²) in [5, 5.41) is 10.5. The SMILES string of the molecule is [2H]C([2H])(C)Oc1cc(C)c(C(C)[C@@H](CC)N(C)C[C@H](OC)c2ccc(O)c(N(C)C(C)=O)c2C)c(C)c1. The number of rotatable bonds is 11. The maximum absolute atomic E-state index is 12.0. The molecule has 0 saturated heterocycles. The fourth-order valence-corrected chi connectivity index (χ4v) is 5.40. The molecule has 2 rings (SSSR count). The Hall–Kier alpha value is -2.57. The molecule has 0 aliphatic rings. The van der Waals surface area contributed by atoms with Crippen molar-refractivity contribution < 1.29 is 22.1 Å². The monoisotopic (exact) mass is 486 g/mol. The topological polar surface area (TPSA) is 62.2 Å². The van der Waals surface area contributed by atoms with Gasteiger partial charge in [0.1, 0.15) is 11.5 Å². The van der Waals surface area contributed by atoms with Gasteiger partial charge in [0.05, 0.1) is 21.1 Å². The van der Waals surface area contributed by atoms with Gasteiger partial charge in [-0.2, -0.15) is 0 Å². The van der Waals surface area contributed by atoms with Crippen molar-refractivity contribution in [3.8, 4) is 11.5 Å². The second-order valence-corrected chi connectivity index (χ2v) is 9.43. The van der Waals surface area contributed by atoms with Crippen LogP contribution >= 0.6 is 0 Å². The fraction of sp³-hybridized carbons (Fsp3) is 0.552. The Morgan fingerprint density at radius 1 is 1.14 bits per heavy atom. The van der Waals surface area contributed by atoms with Crippen LogP contribution in [0.1, 0.15) is 76.7 Å². The minimum atomic E-state index is -1.74. The number of carbonyl (C=O) groups excluding carboxylic acids is 1. The molecule has 2 aromatic carbocycles. The molecule has 0 aliphatic carbocycles. The molecule has 0 radical (unpaired) electrons. The number of hydrogen-bond donors (Lipinski definition) is 1. The third-order valence-electron chi connectivity index (χ3n) is 7.15. The predicted molar refractivity (Wildman–Crippen MR) is 144 cm³/mol. The fourth-order valence-electron chi connectivity index (χ4n) is 5.40. The van der Waals surface area contributed by atoms with E-state index >= 15 is 0 Å². The van der Waals surface area contributed by atoms with Crippen LogP contribution in [0.15, 0.2) is 24.3 Å². The van der Waals surface area contributed by atoms with Crippen molar-refractivity contribution in [2.75, 3.05) is 39.2 Å². The quantitative estimate of drug-likeness (QED) is 0.428. The van der Waals surface area contributed by atoms with Crippen LogP contribution in [0.5, 0.6) is 11.5 Å². The van der Waals surface area contributed by atoms with E-state index < -0.39 is 6.56 Å². The Morgan fingerprint density at radius 2 is 1.74 bits per heavy atom. The molecule has 6 nitrogen and oxygen atoms in total. The van der Waals surface area contributed by atoms with E-state index in [9.17, 15) is 9.90 Å². The molecule has 1 unspecified atom stereocenters. The molecule has 0 aliphatic heterocycles. The predicted octanol–water partition coefficient (Wildman–Crippen LogP) is 5.90. The molecule has 0 saturated carbocycles. The molecule has 0 fully saturated rings. The summed E-state index contributed by atoms with van der Waals surface area (Å²) < 4.78 is 26.9. The number of amides is 1. The summed E-state index contributed by atoms with van der Waals surface area (Å²) >= 11 is 0. The molecule has 0 bridgehead atoms. The standard InChI is InChI=1S/C29H44N2O4/c1-11-25(21(6)28-18(3)15-23(35-12-2)16-19(28)4)30(8)17-27(34-10)24-13-14-26(33)29(20(24)5)31(9)22(7)32/h13-16,21,25,27,33H,11-12,17H2,1-10H3/t21?,25-,27+/m1/s1/i12D2. The van der Waals surface area contributed by atoms with Crippen LogP contribution in [0.3, 0.4) is 0 Å². The first-order valence-electron chi connectivity index (χ1n) is 13.2. The number of aryl methyl sites for hydroxylation is 2. The Kier molecular flexibility index (Phi) is 9.05. The first-order valence-corrected chi connectivity index (χ1v) is 12.2. The van der Waals surface area contributed by atoms with E-state index in [1.807, 2.05) is 25.1 Å². The lowest BCUT2D eigenvalue weighted by Gasteiger charge is -2.36. The number of methoxy groups -OCH3 is 1. The smallest absolute Gasteiger partial charge is 0.223 e. The number of anilines is 1. The number of phenols is 1. The van der Waals surface area contributed by atoms with Crippen molar-refractivity contribution in [1.29, 1.82) is 0 Å². The third kappa shape index (κ3) is 6.36. The minimum absolute atomic E-state index is 0.0664. The molecule has 0 heterocycles. The maximum Gasteiger partial charge on any atom is 0.223 e. The molecular formula is C29H44N2O4. The maximum atomic E-state index is 12.0. The van der Waals surface area contributed by atoms with Gasteiger partial charge in [0.25, 0.3) is 0 Å². The van der Waals surface area contributed by atoms with Gasteiger partial charge < -0.3 is 19.5 Å². The normalized spacial score (nSPS) is 15.3. The number of phenolic OH excluding ortho intramolecular Hbond substituents is 1. The van der Waals surface area contributed by atoms with Gasteiger partial charge in [0.2, 0.25) is 5.91 Å². The van der Waals surface area contributed by atoms with Crippen LogP contribution in [0.4, 0.5) is 5.69 Å². The lowest BCUT2D eigenvalue weighted by molar-refractivity contribution is -0.116. The van der Waals surface area contributed by atoms with Crippen LogP contribution in [0.25, 0.3) is 0 Å². The average Bonchev–Trinajstić information content (AvgIpc) is 2.76. The van der Waals surface area contributed by atoms with Gasteiger partial charge in [-0.15, -0.1) is 0 Å². The molecule has 194 valence electrons. The Morgan fingerprint density at radius 3 is 2.23 bits per heavy atom. The van der Waals surface area contributed by atoms with Gasteiger partial charge in [-0.3, -0.25) is 9.69 Å². The zero-order chi connectivity index (χ0) is 28.2. The number of hydrogen-bond acceptors (Lipinski definition) is 5. The molecule has 0 aromatic heterocycles. The second-order valence-electron chi connectivity index (χ2n) is 9.43.